The lowest BCUT2D eigenvalue weighted by molar-refractivity contribution is 0.112. The maximum atomic E-state index is 13.9. The SMILES string of the molecule is COc1ccc(N(C)c2ccc(C=O)cc2F)cc1. The van der Waals surface area contributed by atoms with Crippen LogP contribution in [0.4, 0.5) is 15.8 Å². The zero-order valence-electron chi connectivity index (χ0n) is 10.8. The van der Waals surface area contributed by atoms with Crippen molar-refractivity contribution in [3.63, 3.8) is 0 Å². The Hall–Kier alpha value is -2.36. The second kappa shape index (κ2) is 5.52. The molecule has 98 valence electrons. The number of hydrogen-bond acceptors (Lipinski definition) is 3. The minimum absolute atomic E-state index is 0.324. The Morgan fingerprint density at radius 2 is 1.84 bits per heavy atom. The lowest BCUT2D eigenvalue weighted by atomic mass is 10.2. The molecule has 2 rings (SSSR count). The number of carbonyl (C=O) groups is 1. The van der Waals surface area contributed by atoms with Crippen LogP contribution in [0.1, 0.15) is 10.4 Å². The lowest BCUT2D eigenvalue weighted by Gasteiger charge is -2.20. The molecule has 0 atom stereocenters. The number of benzene rings is 2. The second-order valence-electron chi connectivity index (χ2n) is 4.09. The van der Waals surface area contributed by atoms with Gasteiger partial charge in [0.15, 0.2) is 0 Å². The molecule has 0 amide bonds. The summed E-state index contributed by atoms with van der Waals surface area (Å²) in [6, 6.07) is 11.7. The summed E-state index contributed by atoms with van der Waals surface area (Å²) in [5, 5.41) is 0. The van der Waals surface area contributed by atoms with Crippen molar-refractivity contribution < 1.29 is 13.9 Å². The van der Waals surface area contributed by atoms with Gasteiger partial charge in [-0.1, -0.05) is 0 Å². The summed E-state index contributed by atoms with van der Waals surface area (Å²) in [5.41, 5.74) is 1.57. The van der Waals surface area contributed by atoms with Gasteiger partial charge >= 0.3 is 0 Å². The Morgan fingerprint density at radius 1 is 1.16 bits per heavy atom. The highest BCUT2D eigenvalue weighted by Gasteiger charge is 2.10. The van der Waals surface area contributed by atoms with Gasteiger partial charge < -0.3 is 9.64 Å². The molecule has 0 heterocycles. The van der Waals surface area contributed by atoms with Gasteiger partial charge in [-0.15, -0.1) is 0 Å². The number of ether oxygens (including phenoxy) is 1. The van der Waals surface area contributed by atoms with Crippen LogP contribution in [0.3, 0.4) is 0 Å². The minimum Gasteiger partial charge on any atom is -0.497 e. The Bertz CT molecular complexity index is 581. The summed E-state index contributed by atoms with van der Waals surface area (Å²) in [5.74, 6) is 0.317. The van der Waals surface area contributed by atoms with Gasteiger partial charge in [0, 0.05) is 18.3 Å². The first-order valence-corrected chi connectivity index (χ1v) is 5.78. The number of halogens is 1. The van der Waals surface area contributed by atoms with E-state index in [4.69, 9.17) is 4.74 Å². The Balaban J connectivity index is 2.32. The molecule has 0 fully saturated rings. The van der Waals surface area contributed by atoms with Crippen molar-refractivity contribution in [3.05, 3.63) is 53.8 Å². The molecule has 0 saturated carbocycles. The van der Waals surface area contributed by atoms with E-state index >= 15 is 0 Å². The molecule has 0 aliphatic rings. The molecule has 0 aromatic heterocycles. The largest absolute Gasteiger partial charge is 0.497 e. The van der Waals surface area contributed by atoms with Gasteiger partial charge in [0.25, 0.3) is 0 Å². The van der Waals surface area contributed by atoms with Gasteiger partial charge in [0.2, 0.25) is 0 Å². The third-order valence-electron chi connectivity index (χ3n) is 2.93. The normalized spacial score (nSPS) is 10.1. The van der Waals surface area contributed by atoms with Crippen molar-refractivity contribution in [2.75, 3.05) is 19.1 Å². The zero-order chi connectivity index (χ0) is 13.8. The highest BCUT2D eigenvalue weighted by Crippen LogP contribution is 2.27. The van der Waals surface area contributed by atoms with E-state index in [0.29, 0.717) is 17.5 Å². The summed E-state index contributed by atoms with van der Waals surface area (Å²) in [4.78, 5) is 12.3. The number of nitrogens with zero attached hydrogens (tertiary/aromatic N) is 1. The molecule has 3 nitrogen and oxygen atoms in total. The molecule has 0 radical (unpaired) electrons. The van der Waals surface area contributed by atoms with Gasteiger partial charge in [0.05, 0.1) is 12.8 Å². The molecule has 0 bridgehead atoms. The zero-order valence-corrected chi connectivity index (χ0v) is 10.8. The van der Waals surface area contributed by atoms with E-state index in [2.05, 4.69) is 0 Å². The van der Waals surface area contributed by atoms with Crippen LogP contribution >= 0.6 is 0 Å². The molecule has 4 heteroatoms. The van der Waals surface area contributed by atoms with E-state index in [9.17, 15) is 9.18 Å². The third kappa shape index (κ3) is 2.73. The quantitative estimate of drug-likeness (QED) is 0.788. The molecule has 0 unspecified atom stereocenters. The molecule has 2 aromatic carbocycles. The van der Waals surface area contributed by atoms with E-state index in [1.807, 2.05) is 24.3 Å². The van der Waals surface area contributed by atoms with Crippen molar-refractivity contribution >= 4 is 17.7 Å². The van der Waals surface area contributed by atoms with Crippen molar-refractivity contribution in [3.8, 4) is 5.75 Å². The van der Waals surface area contributed by atoms with Crippen LogP contribution in [0.25, 0.3) is 0 Å². The fourth-order valence-electron chi connectivity index (χ4n) is 1.81. The van der Waals surface area contributed by atoms with Gasteiger partial charge in [0.1, 0.15) is 17.9 Å². The van der Waals surface area contributed by atoms with Crippen molar-refractivity contribution in [2.45, 2.75) is 0 Å². The smallest absolute Gasteiger partial charge is 0.150 e. The fourth-order valence-corrected chi connectivity index (χ4v) is 1.81. The summed E-state index contributed by atoms with van der Waals surface area (Å²) < 4.78 is 19.0. The topological polar surface area (TPSA) is 29.5 Å². The average Bonchev–Trinajstić information content (AvgIpc) is 2.46. The average molecular weight is 259 g/mol. The van der Waals surface area contributed by atoms with Gasteiger partial charge in [-0.2, -0.15) is 0 Å². The van der Waals surface area contributed by atoms with Crippen LogP contribution in [-0.2, 0) is 0 Å². The van der Waals surface area contributed by atoms with Crippen LogP contribution in [0, 0.1) is 5.82 Å². The maximum absolute atomic E-state index is 13.9. The number of rotatable bonds is 4. The minimum atomic E-state index is -0.428. The molecular formula is C15H14FNO2. The van der Waals surface area contributed by atoms with Gasteiger partial charge in [-0.05, 0) is 42.5 Å². The Kier molecular flexibility index (Phi) is 3.80. The number of hydrogen-bond donors (Lipinski definition) is 0. The van der Waals surface area contributed by atoms with Crippen LogP contribution in [0.2, 0.25) is 0 Å². The first kappa shape index (κ1) is 13.1. The molecule has 0 aliphatic heterocycles. The maximum Gasteiger partial charge on any atom is 0.150 e. The molecule has 0 saturated heterocycles. The Labute approximate surface area is 111 Å². The molecular weight excluding hydrogens is 245 g/mol. The van der Waals surface area contributed by atoms with Gasteiger partial charge in [-0.25, -0.2) is 4.39 Å². The second-order valence-corrected chi connectivity index (χ2v) is 4.09. The van der Waals surface area contributed by atoms with E-state index in [-0.39, 0.29) is 0 Å². The van der Waals surface area contributed by atoms with Crippen molar-refractivity contribution in [1.29, 1.82) is 0 Å². The van der Waals surface area contributed by atoms with E-state index in [1.165, 1.54) is 6.07 Å². The molecule has 19 heavy (non-hydrogen) atoms. The third-order valence-corrected chi connectivity index (χ3v) is 2.93. The predicted octanol–water partition coefficient (Wildman–Crippen LogP) is 3.41. The van der Waals surface area contributed by atoms with E-state index in [1.54, 1.807) is 31.2 Å². The molecule has 0 spiro atoms. The predicted molar refractivity (Wildman–Crippen MR) is 72.8 cm³/mol. The first-order chi connectivity index (χ1) is 9.15. The summed E-state index contributed by atoms with van der Waals surface area (Å²) in [7, 11) is 3.36. The molecule has 2 aromatic rings. The summed E-state index contributed by atoms with van der Waals surface area (Å²) in [6.07, 6.45) is 0.625. The number of anilines is 2. The molecule has 0 aliphatic carbocycles. The highest BCUT2D eigenvalue weighted by atomic mass is 19.1. The van der Waals surface area contributed by atoms with Crippen LogP contribution in [0.15, 0.2) is 42.5 Å². The van der Waals surface area contributed by atoms with Crippen LogP contribution in [-0.4, -0.2) is 20.4 Å². The standard InChI is InChI=1S/C15H14FNO2/c1-17(12-4-6-13(19-2)7-5-12)15-8-3-11(10-18)9-14(15)16/h3-10H,1-2H3. The molecule has 0 N–H and O–H groups in total. The number of carbonyl (C=O) groups excluding carboxylic acids is 1. The van der Waals surface area contributed by atoms with Crippen molar-refractivity contribution in [1.82, 2.24) is 0 Å². The summed E-state index contributed by atoms with van der Waals surface area (Å²) in [6.45, 7) is 0. The summed E-state index contributed by atoms with van der Waals surface area (Å²) >= 11 is 0. The van der Waals surface area contributed by atoms with Crippen LogP contribution < -0.4 is 9.64 Å². The number of methoxy groups -OCH3 is 1. The Morgan fingerprint density at radius 3 is 2.37 bits per heavy atom. The van der Waals surface area contributed by atoms with Gasteiger partial charge in [-0.3, -0.25) is 4.79 Å². The lowest BCUT2D eigenvalue weighted by Crippen LogP contribution is -2.11. The highest BCUT2D eigenvalue weighted by molar-refractivity contribution is 5.76. The van der Waals surface area contributed by atoms with E-state index in [0.717, 1.165) is 11.4 Å². The van der Waals surface area contributed by atoms with Crippen molar-refractivity contribution in [2.24, 2.45) is 0 Å². The fraction of sp³-hybridized carbons (Fsp3) is 0.133. The van der Waals surface area contributed by atoms with E-state index < -0.39 is 5.82 Å². The number of aldehydes is 1. The monoisotopic (exact) mass is 259 g/mol. The van der Waals surface area contributed by atoms with Crippen LogP contribution in [0.5, 0.6) is 5.75 Å². The first-order valence-electron chi connectivity index (χ1n) is 5.78.